The van der Waals surface area contributed by atoms with E-state index in [1.54, 1.807) is 30.3 Å². The van der Waals surface area contributed by atoms with Crippen molar-refractivity contribution < 1.29 is 14.3 Å². The van der Waals surface area contributed by atoms with Gasteiger partial charge in [-0.3, -0.25) is 9.59 Å². The van der Waals surface area contributed by atoms with Gasteiger partial charge in [-0.05, 0) is 48.0 Å². The third kappa shape index (κ3) is 3.07. The first-order chi connectivity index (χ1) is 10.6. The number of nitrogens with two attached hydrogens (primary N) is 1. The van der Waals surface area contributed by atoms with Crippen LogP contribution in [-0.4, -0.2) is 18.4 Å². The second-order valence-electron chi connectivity index (χ2n) is 4.92. The van der Waals surface area contributed by atoms with E-state index in [-0.39, 0.29) is 18.4 Å². The van der Waals surface area contributed by atoms with Crippen LogP contribution in [0.25, 0.3) is 0 Å². The molecule has 0 fully saturated rings. The molecule has 112 valence electrons. The highest BCUT2D eigenvalue weighted by molar-refractivity contribution is 5.99. The van der Waals surface area contributed by atoms with Crippen LogP contribution in [0, 0.1) is 0 Å². The van der Waals surface area contributed by atoms with Gasteiger partial charge >= 0.3 is 0 Å². The van der Waals surface area contributed by atoms with Crippen molar-refractivity contribution in [2.45, 2.75) is 6.42 Å². The zero-order chi connectivity index (χ0) is 15.5. The Balaban J connectivity index is 1.70. The van der Waals surface area contributed by atoms with E-state index in [1.807, 2.05) is 12.1 Å². The number of ether oxygens (including phenoxy) is 1. The zero-order valence-corrected chi connectivity index (χ0v) is 11.8. The Labute approximate surface area is 127 Å². The van der Waals surface area contributed by atoms with E-state index in [4.69, 9.17) is 10.5 Å². The van der Waals surface area contributed by atoms with Crippen LogP contribution in [0.1, 0.15) is 5.56 Å². The van der Waals surface area contributed by atoms with Gasteiger partial charge in [0.1, 0.15) is 11.5 Å². The Morgan fingerprint density at radius 3 is 2.64 bits per heavy atom. The predicted molar refractivity (Wildman–Crippen MR) is 83.0 cm³/mol. The monoisotopic (exact) mass is 297 g/mol. The van der Waals surface area contributed by atoms with E-state index in [0.717, 1.165) is 11.3 Å². The first-order valence-corrected chi connectivity index (χ1v) is 6.84. The molecule has 1 aliphatic heterocycles. The molecule has 0 aromatic heterocycles. The van der Waals surface area contributed by atoms with Crippen LogP contribution in [-0.2, 0) is 16.0 Å². The van der Waals surface area contributed by atoms with Crippen LogP contribution in [0.3, 0.4) is 0 Å². The minimum Gasteiger partial charge on any atom is -0.457 e. The number of rotatable bonds is 4. The number of carbonyl (C=O) groups is 2. The summed E-state index contributed by atoms with van der Waals surface area (Å²) >= 11 is 0. The lowest BCUT2D eigenvalue weighted by molar-refractivity contribution is -0.115. The first kappa shape index (κ1) is 14.1. The molecular formula is C16H15N3O3. The average molecular weight is 297 g/mol. The highest BCUT2D eigenvalue weighted by Crippen LogP contribution is 2.30. The van der Waals surface area contributed by atoms with Crippen molar-refractivity contribution in [3.63, 3.8) is 0 Å². The fraction of sp³-hybridized carbons (Fsp3) is 0.125. The maximum absolute atomic E-state index is 11.3. The molecule has 0 radical (unpaired) electrons. The number of carbonyl (C=O) groups excluding carboxylic acids is 2. The zero-order valence-electron chi connectivity index (χ0n) is 11.8. The van der Waals surface area contributed by atoms with E-state index in [2.05, 4.69) is 10.6 Å². The number of nitrogens with one attached hydrogen (secondary N) is 2. The molecule has 0 bridgehead atoms. The minimum atomic E-state index is -0.246. The molecule has 0 unspecified atom stereocenters. The van der Waals surface area contributed by atoms with Crippen molar-refractivity contribution in [1.29, 1.82) is 0 Å². The van der Waals surface area contributed by atoms with Crippen molar-refractivity contribution in [3.8, 4) is 11.5 Å². The molecule has 2 aromatic rings. The van der Waals surface area contributed by atoms with Gasteiger partial charge in [0, 0.05) is 11.4 Å². The van der Waals surface area contributed by atoms with Gasteiger partial charge in [-0.1, -0.05) is 0 Å². The van der Waals surface area contributed by atoms with Gasteiger partial charge in [0.05, 0.1) is 13.0 Å². The molecule has 0 saturated heterocycles. The van der Waals surface area contributed by atoms with E-state index < -0.39 is 0 Å². The van der Waals surface area contributed by atoms with Crippen LogP contribution in [0.15, 0.2) is 42.5 Å². The Hall–Kier alpha value is -2.86. The molecule has 6 heteroatoms. The summed E-state index contributed by atoms with van der Waals surface area (Å²) in [6, 6.07) is 12.4. The van der Waals surface area contributed by atoms with Gasteiger partial charge in [0.15, 0.2) is 0 Å². The van der Waals surface area contributed by atoms with E-state index in [1.165, 1.54) is 0 Å². The smallest absolute Gasteiger partial charge is 0.238 e. The van der Waals surface area contributed by atoms with Gasteiger partial charge in [-0.15, -0.1) is 0 Å². The fourth-order valence-corrected chi connectivity index (χ4v) is 2.22. The molecule has 1 aliphatic rings. The van der Waals surface area contributed by atoms with Gasteiger partial charge in [-0.25, -0.2) is 0 Å². The predicted octanol–water partition coefficient (Wildman–Crippen LogP) is 1.87. The summed E-state index contributed by atoms with van der Waals surface area (Å²) in [6.07, 6.45) is 0.372. The number of hydrogen-bond acceptors (Lipinski definition) is 4. The van der Waals surface area contributed by atoms with Crippen LogP contribution >= 0.6 is 0 Å². The SMILES string of the molecule is NCC(=O)Nc1ccc(Oc2ccc3c(c2)CC(=O)N3)cc1. The molecule has 0 saturated carbocycles. The summed E-state index contributed by atoms with van der Waals surface area (Å²) in [5.74, 6) is 1.05. The Bertz CT molecular complexity index is 726. The van der Waals surface area contributed by atoms with Crippen LogP contribution < -0.4 is 21.1 Å². The van der Waals surface area contributed by atoms with Crippen molar-refractivity contribution in [3.05, 3.63) is 48.0 Å². The summed E-state index contributed by atoms with van der Waals surface area (Å²) in [7, 11) is 0. The minimum absolute atomic E-state index is 0.00727. The number of benzene rings is 2. The lowest BCUT2D eigenvalue weighted by atomic mass is 10.1. The largest absolute Gasteiger partial charge is 0.457 e. The molecular weight excluding hydrogens is 282 g/mol. The molecule has 0 spiro atoms. The van der Waals surface area contributed by atoms with E-state index in [9.17, 15) is 9.59 Å². The van der Waals surface area contributed by atoms with Gasteiger partial charge in [-0.2, -0.15) is 0 Å². The standard InChI is InChI=1S/C16H15N3O3/c17-9-16(21)18-11-1-3-12(4-2-11)22-13-5-6-14-10(7-13)8-15(20)19-14/h1-7H,8-9,17H2,(H,18,21)(H,19,20). The normalized spacial score (nSPS) is 12.5. The van der Waals surface area contributed by atoms with E-state index >= 15 is 0 Å². The maximum Gasteiger partial charge on any atom is 0.238 e. The summed E-state index contributed by atoms with van der Waals surface area (Å²) in [5, 5.41) is 5.43. The van der Waals surface area contributed by atoms with E-state index in [0.29, 0.717) is 23.6 Å². The van der Waals surface area contributed by atoms with Crippen molar-refractivity contribution >= 4 is 23.2 Å². The Kier molecular flexibility index (Phi) is 3.76. The second kappa shape index (κ2) is 5.87. The van der Waals surface area contributed by atoms with Gasteiger partial charge < -0.3 is 21.1 Å². The quantitative estimate of drug-likeness (QED) is 0.803. The fourth-order valence-electron chi connectivity index (χ4n) is 2.22. The average Bonchev–Trinajstić information content (AvgIpc) is 2.88. The lowest BCUT2D eigenvalue weighted by Crippen LogP contribution is -2.21. The van der Waals surface area contributed by atoms with Crippen molar-refractivity contribution in [1.82, 2.24) is 0 Å². The van der Waals surface area contributed by atoms with Crippen LogP contribution in [0.4, 0.5) is 11.4 Å². The Morgan fingerprint density at radius 1 is 1.18 bits per heavy atom. The Morgan fingerprint density at radius 2 is 1.91 bits per heavy atom. The maximum atomic E-state index is 11.3. The number of fused-ring (bicyclic) bond motifs is 1. The van der Waals surface area contributed by atoms with Crippen molar-refractivity contribution in [2.75, 3.05) is 17.2 Å². The highest BCUT2D eigenvalue weighted by Gasteiger charge is 2.17. The molecule has 1 heterocycles. The molecule has 6 nitrogen and oxygen atoms in total. The third-order valence-electron chi connectivity index (χ3n) is 3.26. The molecule has 2 aromatic carbocycles. The van der Waals surface area contributed by atoms with Crippen LogP contribution in [0.5, 0.6) is 11.5 Å². The molecule has 2 amide bonds. The number of amides is 2. The van der Waals surface area contributed by atoms with Crippen molar-refractivity contribution in [2.24, 2.45) is 5.73 Å². The second-order valence-corrected chi connectivity index (χ2v) is 4.92. The topological polar surface area (TPSA) is 93.5 Å². The summed E-state index contributed by atoms with van der Waals surface area (Å²) in [5.41, 5.74) is 7.66. The number of anilines is 2. The van der Waals surface area contributed by atoms with Crippen LogP contribution in [0.2, 0.25) is 0 Å². The summed E-state index contributed by atoms with van der Waals surface area (Å²) in [6.45, 7) is -0.0554. The third-order valence-corrected chi connectivity index (χ3v) is 3.26. The van der Waals surface area contributed by atoms with Gasteiger partial charge in [0.25, 0.3) is 0 Å². The van der Waals surface area contributed by atoms with Gasteiger partial charge in [0.2, 0.25) is 11.8 Å². The molecule has 0 aliphatic carbocycles. The summed E-state index contributed by atoms with van der Waals surface area (Å²) in [4.78, 5) is 22.5. The molecule has 0 atom stereocenters. The molecule has 3 rings (SSSR count). The molecule has 22 heavy (non-hydrogen) atoms. The lowest BCUT2D eigenvalue weighted by Gasteiger charge is -2.08. The molecule has 4 N–H and O–H groups in total. The number of hydrogen-bond donors (Lipinski definition) is 3. The highest BCUT2D eigenvalue weighted by atomic mass is 16.5. The first-order valence-electron chi connectivity index (χ1n) is 6.84. The summed E-state index contributed by atoms with van der Waals surface area (Å²) < 4.78 is 5.75.